The van der Waals surface area contributed by atoms with Crippen LogP contribution in [0.5, 0.6) is 5.75 Å². The molecule has 1 heterocycles. The normalized spacial score (nSPS) is 12.0. The summed E-state index contributed by atoms with van der Waals surface area (Å²) in [7, 11) is -8.04. The molecule has 0 amide bonds. The highest BCUT2D eigenvalue weighted by molar-refractivity contribution is 7.87. The average Bonchev–Trinajstić information content (AvgIpc) is 2.82. The van der Waals surface area contributed by atoms with Crippen molar-refractivity contribution >= 4 is 20.2 Å². The van der Waals surface area contributed by atoms with Crippen LogP contribution in [0, 0.1) is 13.8 Å². The van der Waals surface area contributed by atoms with Crippen LogP contribution >= 0.6 is 0 Å². The van der Waals surface area contributed by atoms with Crippen molar-refractivity contribution in [2.45, 2.75) is 43.3 Å². The van der Waals surface area contributed by atoms with Crippen molar-refractivity contribution in [1.82, 2.24) is 4.98 Å². The fourth-order valence-electron chi connectivity index (χ4n) is 2.95. The van der Waals surface area contributed by atoms with Gasteiger partial charge in [0.15, 0.2) is 0 Å². The molecule has 11 heteroatoms. The van der Waals surface area contributed by atoms with Crippen LogP contribution in [0.15, 0.2) is 70.5 Å². The van der Waals surface area contributed by atoms with Crippen molar-refractivity contribution in [3.63, 3.8) is 0 Å². The number of nitrogens with zero attached hydrogens (tertiary/aromatic N) is 1. The monoisotopic (exact) mass is 520 g/mol. The number of hydrogen-bond donors (Lipinski definition) is 1. The van der Waals surface area contributed by atoms with Crippen LogP contribution in [-0.2, 0) is 41.8 Å². The molecule has 0 spiro atoms. The van der Waals surface area contributed by atoms with Crippen molar-refractivity contribution in [2.24, 2.45) is 5.73 Å². The number of hydrogen-bond acceptors (Lipinski definition) is 9. The summed E-state index contributed by atoms with van der Waals surface area (Å²) in [6, 6.07) is 15.6. The molecular formula is C24H28N2O7S2. The zero-order valence-corrected chi connectivity index (χ0v) is 21.1. The summed E-state index contributed by atoms with van der Waals surface area (Å²) in [6.07, 6.45) is 0.601. The molecule has 0 atom stereocenters. The van der Waals surface area contributed by atoms with Crippen molar-refractivity contribution < 1.29 is 29.9 Å². The molecule has 0 aliphatic carbocycles. The molecule has 35 heavy (non-hydrogen) atoms. The molecule has 3 rings (SSSR count). The van der Waals surface area contributed by atoms with E-state index in [1.54, 1.807) is 24.3 Å². The third-order valence-corrected chi connectivity index (χ3v) is 7.42. The first-order chi connectivity index (χ1) is 16.6. The third-order valence-electron chi connectivity index (χ3n) is 4.87. The van der Waals surface area contributed by atoms with Gasteiger partial charge in [-0.05, 0) is 51.1 Å². The van der Waals surface area contributed by atoms with Crippen molar-refractivity contribution in [3.05, 3.63) is 83.2 Å². The van der Waals surface area contributed by atoms with Crippen molar-refractivity contribution in [1.29, 1.82) is 0 Å². The zero-order valence-electron chi connectivity index (χ0n) is 19.5. The van der Waals surface area contributed by atoms with E-state index >= 15 is 0 Å². The second-order valence-corrected chi connectivity index (χ2v) is 11.1. The van der Waals surface area contributed by atoms with Crippen LogP contribution < -0.4 is 10.5 Å². The van der Waals surface area contributed by atoms with E-state index in [0.29, 0.717) is 25.3 Å². The standard InChI is InChI=1S/C24H28N2O7S2/c1-18-4-8-23(9-5-18)34(27,28)32-16-20-14-22(31-13-3-12-25)15-21(26-20)17-33-35(29,30)24-10-6-19(2)7-11-24/h4-11,14-15H,3,12-13,16-17,25H2,1-2H3. The zero-order chi connectivity index (χ0) is 25.5. The quantitative estimate of drug-likeness (QED) is 0.282. The van der Waals surface area contributed by atoms with Crippen molar-refractivity contribution in [3.8, 4) is 5.75 Å². The Hall–Kier alpha value is -2.83. The molecule has 0 aliphatic heterocycles. The molecule has 0 saturated carbocycles. The highest BCUT2D eigenvalue weighted by atomic mass is 32.2. The highest BCUT2D eigenvalue weighted by Gasteiger charge is 2.18. The van der Waals surface area contributed by atoms with E-state index in [1.807, 2.05) is 13.8 Å². The molecule has 2 aromatic carbocycles. The Morgan fingerprint density at radius 2 is 1.17 bits per heavy atom. The molecule has 0 fully saturated rings. The molecule has 0 radical (unpaired) electrons. The van der Waals surface area contributed by atoms with Gasteiger partial charge in [0.2, 0.25) is 0 Å². The SMILES string of the molecule is Cc1ccc(S(=O)(=O)OCc2cc(OCCCN)cc(COS(=O)(=O)c3ccc(C)cc3)n2)cc1. The van der Waals surface area contributed by atoms with Crippen LogP contribution in [-0.4, -0.2) is 35.0 Å². The first-order valence-electron chi connectivity index (χ1n) is 10.8. The molecule has 0 saturated heterocycles. The van der Waals surface area contributed by atoms with Gasteiger partial charge in [-0.15, -0.1) is 0 Å². The topological polar surface area (TPSA) is 135 Å². The van der Waals surface area contributed by atoms with Crippen LogP contribution in [0.1, 0.15) is 28.9 Å². The summed E-state index contributed by atoms with van der Waals surface area (Å²) in [4.78, 5) is 4.34. The molecule has 188 valence electrons. The van der Waals surface area contributed by atoms with Gasteiger partial charge in [-0.25, -0.2) is 0 Å². The van der Waals surface area contributed by atoms with E-state index in [-0.39, 0.29) is 34.4 Å². The second-order valence-electron chi connectivity index (χ2n) is 7.83. The van der Waals surface area contributed by atoms with Gasteiger partial charge in [-0.2, -0.15) is 16.8 Å². The number of rotatable bonds is 12. The maximum absolute atomic E-state index is 12.5. The molecule has 0 aliphatic rings. The number of aryl methyl sites for hydroxylation is 2. The molecule has 0 unspecified atom stereocenters. The summed E-state index contributed by atoms with van der Waals surface area (Å²) in [5.41, 5.74) is 7.80. The van der Waals surface area contributed by atoms with Gasteiger partial charge < -0.3 is 10.5 Å². The largest absolute Gasteiger partial charge is 0.493 e. The maximum Gasteiger partial charge on any atom is 0.297 e. The molecule has 2 N–H and O–H groups in total. The lowest BCUT2D eigenvalue weighted by Gasteiger charge is -2.12. The summed E-state index contributed by atoms with van der Waals surface area (Å²) in [5, 5.41) is 0. The Labute approximate surface area is 206 Å². The number of benzene rings is 2. The Morgan fingerprint density at radius 1 is 0.743 bits per heavy atom. The summed E-state index contributed by atoms with van der Waals surface area (Å²) < 4.78 is 66.2. The third kappa shape index (κ3) is 7.84. The average molecular weight is 521 g/mol. The minimum Gasteiger partial charge on any atom is -0.493 e. The summed E-state index contributed by atoms with van der Waals surface area (Å²) in [5.74, 6) is 0.367. The lowest BCUT2D eigenvalue weighted by molar-refractivity contribution is 0.285. The van der Waals surface area contributed by atoms with Gasteiger partial charge in [0.25, 0.3) is 20.2 Å². The van der Waals surface area contributed by atoms with Crippen molar-refractivity contribution in [2.75, 3.05) is 13.2 Å². The number of pyridine rings is 1. The lowest BCUT2D eigenvalue weighted by atomic mass is 10.2. The van der Waals surface area contributed by atoms with Crippen LogP contribution in [0.2, 0.25) is 0 Å². The predicted octanol–water partition coefficient (Wildman–Crippen LogP) is 3.24. The van der Waals surface area contributed by atoms with Crippen LogP contribution in [0.3, 0.4) is 0 Å². The van der Waals surface area contributed by atoms with E-state index in [9.17, 15) is 16.8 Å². The molecular weight excluding hydrogens is 492 g/mol. The van der Waals surface area contributed by atoms with E-state index in [0.717, 1.165) is 11.1 Å². The van der Waals surface area contributed by atoms with Crippen LogP contribution in [0.4, 0.5) is 0 Å². The van der Waals surface area contributed by atoms with E-state index in [1.165, 1.54) is 36.4 Å². The minimum absolute atomic E-state index is 0.0196. The Kier molecular flexibility index (Phi) is 8.98. The molecule has 9 nitrogen and oxygen atoms in total. The second kappa shape index (κ2) is 11.7. The minimum atomic E-state index is -4.02. The fourth-order valence-corrected chi connectivity index (χ4v) is 4.71. The van der Waals surface area contributed by atoms with Gasteiger partial charge in [0.05, 0.1) is 27.8 Å². The molecule has 1 aromatic heterocycles. The molecule has 3 aromatic rings. The number of aromatic nitrogens is 1. The Bertz CT molecular complexity index is 1240. The summed E-state index contributed by atoms with van der Waals surface area (Å²) in [6.45, 7) is 3.70. The number of ether oxygens (including phenoxy) is 1. The molecule has 0 bridgehead atoms. The number of nitrogens with two attached hydrogens (primary N) is 1. The highest BCUT2D eigenvalue weighted by Crippen LogP contribution is 2.21. The fraction of sp³-hybridized carbons (Fsp3) is 0.292. The lowest BCUT2D eigenvalue weighted by Crippen LogP contribution is -2.11. The first-order valence-corrected chi connectivity index (χ1v) is 13.7. The predicted molar refractivity (Wildman–Crippen MR) is 130 cm³/mol. The Morgan fingerprint density at radius 3 is 1.57 bits per heavy atom. The first kappa shape index (κ1) is 26.8. The van der Waals surface area contributed by atoms with E-state index < -0.39 is 20.2 Å². The van der Waals surface area contributed by atoms with Gasteiger partial charge in [-0.1, -0.05) is 35.4 Å². The van der Waals surface area contributed by atoms with Gasteiger partial charge in [-0.3, -0.25) is 13.4 Å². The maximum atomic E-state index is 12.5. The van der Waals surface area contributed by atoms with Crippen LogP contribution in [0.25, 0.3) is 0 Å². The van der Waals surface area contributed by atoms with E-state index in [2.05, 4.69) is 4.98 Å². The van der Waals surface area contributed by atoms with E-state index in [4.69, 9.17) is 18.8 Å². The summed E-state index contributed by atoms with van der Waals surface area (Å²) >= 11 is 0. The Balaban J connectivity index is 1.77. The van der Waals surface area contributed by atoms with Gasteiger partial charge >= 0.3 is 0 Å². The smallest absolute Gasteiger partial charge is 0.297 e. The van der Waals surface area contributed by atoms with Gasteiger partial charge in [0.1, 0.15) is 19.0 Å². The van der Waals surface area contributed by atoms with Gasteiger partial charge in [0, 0.05) is 12.1 Å².